The first-order chi connectivity index (χ1) is 18.1. The molecule has 2 aromatic carbocycles. The highest BCUT2D eigenvalue weighted by Gasteiger charge is 2.20. The van der Waals surface area contributed by atoms with Gasteiger partial charge in [-0.05, 0) is 31.2 Å². The van der Waals surface area contributed by atoms with Crippen LogP contribution in [0, 0.1) is 0 Å². The van der Waals surface area contributed by atoms with Gasteiger partial charge in [0.2, 0.25) is 0 Å². The van der Waals surface area contributed by atoms with Crippen molar-refractivity contribution in [3.8, 4) is 17.2 Å². The molecule has 2 heterocycles. The first kappa shape index (κ1) is 28.4. The Morgan fingerprint density at radius 3 is 2.65 bits per heavy atom. The third-order valence-electron chi connectivity index (χ3n) is 5.41. The number of hydrogen-bond donors (Lipinski definition) is 3. The van der Waals surface area contributed by atoms with Gasteiger partial charge in [0.25, 0.3) is 0 Å². The van der Waals surface area contributed by atoms with E-state index in [1.807, 2.05) is 39.0 Å². The molecule has 2 amide bonds. The Bertz CT molecular complexity index is 1070. The number of methoxy groups -OCH3 is 1. The van der Waals surface area contributed by atoms with Gasteiger partial charge in [0.1, 0.15) is 17.6 Å². The average Bonchev–Trinajstić information content (AvgIpc) is 2.87. The number of nitrogens with one attached hydrogen (secondary N) is 3. The molecule has 10 heteroatoms. The van der Waals surface area contributed by atoms with E-state index in [-0.39, 0.29) is 12.1 Å². The summed E-state index contributed by atoms with van der Waals surface area (Å²) in [4.78, 5) is 11.8. The van der Waals surface area contributed by atoms with Crippen LogP contribution in [-0.4, -0.2) is 58.8 Å². The van der Waals surface area contributed by atoms with Crippen molar-refractivity contribution in [2.75, 3.05) is 57.3 Å². The number of hydrogen-bond acceptors (Lipinski definition) is 7. The second-order valence-corrected chi connectivity index (χ2v) is 8.37. The highest BCUT2D eigenvalue weighted by atomic mass is 35.5. The maximum absolute atomic E-state index is 11.8. The molecular formula is C27H36ClN3O6. The first-order valence-electron chi connectivity index (χ1n) is 12.6. The van der Waals surface area contributed by atoms with Crippen molar-refractivity contribution < 1.29 is 28.5 Å². The van der Waals surface area contributed by atoms with Crippen LogP contribution in [0.15, 0.2) is 36.4 Å². The molecule has 9 nitrogen and oxygen atoms in total. The molecule has 3 N–H and O–H groups in total. The van der Waals surface area contributed by atoms with Gasteiger partial charge in [0.05, 0.1) is 44.2 Å². The number of carbonyl (C=O) groups is 1. The minimum Gasteiger partial charge on any atom is -0.493 e. The molecule has 4 rings (SSSR count). The Morgan fingerprint density at radius 1 is 1.16 bits per heavy atom. The lowest BCUT2D eigenvalue weighted by molar-refractivity contribution is -0.130. The van der Waals surface area contributed by atoms with E-state index in [1.54, 1.807) is 25.3 Å². The fourth-order valence-corrected chi connectivity index (χ4v) is 3.78. The van der Waals surface area contributed by atoms with E-state index >= 15 is 0 Å². The number of ether oxygens (including phenoxy) is 5. The maximum Gasteiger partial charge on any atom is 0.319 e. The summed E-state index contributed by atoms with van der Waals surface area (Å²) in [6.07, 6.45) is 2.92. The summed E-state index contributed by atoms with van der Waals surface area (Å²) in [6.45, 7) is 9.44. The van der Waals surface area contributed by atoms with Crippen molar-refractivity contribution in [3.63, 3.8) is 0 Å². The SMILES string of the molecule is CC.CCNC(=O)Nc1ccc(OC2=CCNc3cc(OCCCOC4COC4)c(OC)cc32)cc1Cl. The zero-order chi connectivity index (χ0) is 26.6. The van der Waals surface area contributed by atoms with Gasteiger partial charge in [0, 0.05) is 42.9 Å². The number of carbonyl (C=O) groups excluding carboxylic acids is 1. The molecule has 0 radical (unpaired) electrons. The summed E-state index contributed by atoms with van der Waals surface area (Å²) in [7, 11) is 1.61. The second kappa shape index (κ2) is 14.6. The van der Waals surface area contributed by atoms with Crippen LogP contribution in [0.2, 0.25) is 5.02 Å². The Balaban J connectivity index is 0.00000186. The van der Waals surface area contributed by atoms with E-state index < -0.39 is 0 Å². The molecule has 0 saturated carbocycles. The van der Waals surface area contributed by atoms with Gasteiger partial charge in [-0.1, -0.05) is 25.4 Å². The van der Waals surface area contributed by atoms with Crippen LogP contribution in [0.5, 0.6) is 17.2 Å². The van der Waals surface area contributed by atoms with Crippen LogP contribution in [0.3, 0.4) is 0 Å². The van der Waals surface area contributed by atoms with E-state index in [1.165, 1.54) is 0 Å². The third kappa shape index (κ3) is 7.92. The normalized spacial score (nSPS) is 14.0. The van der Waals surface area contributed by atoms with Gasteiger partial charge in [-0.25, -0.2) is 4.79 Å². The second-order valence-electron chi connectivity index (χ2n) is 7.96. The molecule has 0 aliphatic carbocycles. The van der Waals surface area contributed by atoms with Crippen molar-refractivity contribution in [2.45, 2.75) is 33.3 Å². The van der Waals surface area contributed by atoms with Gasteiger partial charge >= 0.3 is 6.03 Å². The Morgan fingerprint density at radius 2 is 1.97 bits per heavy atom. The monoisotopic (exact) mass is 533 g/mol. The minimum atomic E-state index is -0.316. The molecule has 2 aromatic rings. The van der Waals surface area contributed by atoms with E-state index in [4.69, 9.17) is 35.3 Å². The first-order valence-corrected chi connectivity index (χ1v) is 13.0. The van der Waals surface area contributed by atoms with Crippen LogP contribution in [-0.2, 0) is 9.47 Å². The summed E-state index contributed by atoms with van der Waals surface area (Å²) in [5.74, 6) is 2.47. The summed E-state index contributed by atoms with van der Waals surface area (Å²) >= 11 is 6.35. The van der Waals surface area contributed by atoms with Crippen molar-refractivity contribution in [3.05, 3.63) is 47.0 Å². The number of fused-ring (bicyclic) bond motifs is 1. The van der Waals surface area contributed by atoms with Gasteiger partial charge < -0.3 is 39.6 Å². The number of amides is 2. The predicted molar refractivity (Wildman–Crippen MR) is 146 cm³/mol. The highest BCUT2D eigenvalue weighted by Crippen LogP contribution is 2.39. The largest absolute Gasteiger partial charge is 0.493 e. The number of urea groups is 1. The van der Waals surface area contributed by atoms with Crippen LogP contribution < -0.4 is 30.2 Å². The molecule has 2 aliphatic heterocycles. The zero-order valence-electron chi connectivity index (χ0n) is 21.8. The molecule has 1 saturated heterocycles. The Kier molecular flexibility index (Phi) is 11.2. The molecule has 0 unspecified atom stereocenters. The molecule has 1 fully saturated rings. The van der Waals surface area contributed by atoms with Crippen molar-refractivity contribution in [2.24, 2.45) is 0 Å². The van der Waals surface area contributed by atoms with Gasteiger partial charge in [-0.3, -0.25) is 0 Å². The molecule has 0 spiro atoms. The maximum atomic E-state index is 11.8. The number of anilines is 2. The van der Waals surface area contributed by atoms with E-state index in [2.05, 4.69) is 16.0 Å². The fraction of sp³-hybridized carbons (Fsp3) is 0.444. The lowest BCUT2D eigenvalue weighted by Gasteiger charge is -2.26. The van der Waals surface area contributed by atoms with Gasteiger partial charge in [-0.15, -0.1) is 0 Å². The minimum absolute atomic E-state index is 0.214. The molecule has 37 heavy (non-hydrogen) atoms. The van der Waals surface area contributed by atoms with E-state index in [9.17, 15) is 4.79 Å². The van der Waals surface area contributed by atoms with Crippen LogP contribution >= 0.6 is 11.6 Å². The predicted octanol–water partition coefficient (Wildman–Crippen LogP) is 5.55. The lowest BCUT2D eigenvalue weighted by atomic mass is 10.1. The van der Waals surface area contributed by atoms with Crippen molar-refractivity contribution in [1.82, 2.24) is 5.32 Å². The summed E-state index contributed by atoms with van der Waals surface area (Å²) < 4.78 is 28.5. The fourth-order valence-electron chi connectivity index (χ4n) is 3.56. The van der Waals surface area contributed by atoms with Crippen LogP contribution in [0.4, 0.5) is 16.2 Å². The summed E-state index contributed by atoms with van der Waals surface area (Å²) in [5.41, 5.74) is 2.22. The Labute approximate surface area is 223 Å². The topological polar surface area (TPSA) is 99.3 Å². The van der Waals surface area contributed by atoms with Crippen LogP contribution in [0.25, 0.3) is 5.76 Å². The summed E-state index contributed by atoms with van der Waals surface area (Å²) in [5, 5.41) is 9.09. The molecule has 0 bridgehead atoms. The number of benzene rings is 2. The third-order valence-corrected chi connectivity index (χ3v) is 5.72. The lowest BCUT2D eigenvalue weighted by Crippen LogP contribution is -2.36. The van der Waals surface area contributed by atoms with E-state index in [0.717, 1.165) is 17.7 Å². The van der Waals surface area contributed by atoms with Gasteiger partial charge in [-0.2, -0.15) is 0 Å². The summed E-state index contributed by atoms with van der Waals surface area (Å²) in [6, 6.07) is 8.60. The Hall–Kier alpha value is -3.14. The highest BCUT2D eigenvalue weighted by molar-refractivity contribution is 6.33. The van der Waals surface area contributed by atoms with Crippen LogP contribution in [0.1, 0.15) is 32.8 Å². The quantitative estimate of drug-likeness (QED) is 0.326. The van der Waals surface area contributed by atoms with Crippen molar-refractivity contribution in [1.29, 1.82) is 0 Å². The molecule has 202 valence electrons. The molecular weight excluding hydrogens is 498 g/mol. The van der Waals surface area contributed by atoms with E-state index in [0.29, 0.717) is 73.2 Å². The average molecular weight is 534 g/mol. The number of halogens is 1. The van der Waals surface area contributed by atoms with Gasteiger partial charge in [0.15, 0.2) is 11.5 Å². The smallest absolute Gasteiger partial charge is 0.319 e. The standard InChI is InChI=1S/C25H30ClN3O6.C2H6/c1-3-27-25(30)29-20-6-5-16(11-19(20)26)35-22-7-8-28-21-13-24(23(31-2)12-18(21)22)34-10-4-9-33-17-14-32-15-17;1-2/h5-7,11-13,17,28H,3-4,8-10,14-15H2,1-2H3,(H2,27,29,30);1-2H3. The molecule has 0 aromatic heterocycles. The molecule has 2 aliphatic rings. The number of rotatable bonds is 11. The van der Waals surface area contributed by atoms with Crippen molar-refractivity contribution >= 4 is 34.8 Å². The zero-order valence-corrected chi connectivity index (χ0v) is 22.6. The molecule has 0 atom stereocenters.